The van der Waals surface area contributed by atoms with Gasteiger partial charge in [0.25, 0.3) is 0 Å². The molecule has 1 saturated heterocycles. The Balaban J connectivity index is 2.25. The van der Waals surface area contributed by atoms with Gasteiger partial charge in [0.1, 0.15) is 0 Å². The van der Waals surface area contributed by atoms with Gasteiger partial charge in [-0.25, -0.2) is 0 Å². The smallest absolute Gasteiger partial charge is 0.0451 e. The van der Waals surface area contributed by atoms with E-state index in [1.54, 1.807) is 0 Å². The molecule has 1 atom stereocenters. The zero-order valence-corrected chi connectivity index (χ0v) is 8.85. The van der Waals surface area contributed by atoms with Crippen molar-refractivity contribution in [2.24, 2.45) is 5.73 Å². The molecule has 1 aliphatic rings. The molecule has 0 amide bonds. The van der Waals surface area contributed by atoms with Crippen LogP contribution in [-0.2, 0) is 6.54 Å². The average Bonchev–Trinajstić information content (AvgIpc) is 2.71. The Labute approximate surface area is 89.4 Å². The maximum atomic E-state index is 6.01. The molecule has 2 rings (SSSR count). The van der Waals surface area contributed by atoms with Crippen molar-refractivity contribution >= 4 is 11.6 Å². The van der Waals surface area contributed by atoms with Crippen LogP contribution in [-0.4, -0.2) is 13.1 Å². The van der Waals surface area contributed by atoms with Gasteiger partial charge in [0.05, 0.1) is 0 Å². The van der Waals surface area contributed by atoms with Crippen LogP contribution in [0.15, 0.2) is 18.2 Å². The number of benzene rings is 1. The van der Waals surface area contributed by atoms with Gasteiger partial charge in [0, 0.05) is 18.1 Å². The second-order valence-electron chi connectivity index (χ2n) is 3.74. The van der Waals surface area contributed by atoms with Gasteiger partial charge in [-0.3, -0.25) is 0 Å². The number of hydrogen-bond donors (Lipinski definition) is 2. The van der Waals surface area contributed by atoms with Crippen LogP contribution < -0.4 is 11.1 Å². The topological polar surface area (TPSA) is 38.0 Å². The molecule has 1 aromatic rings. The predicted molar refractivity (Wildman–Crippen MR) is 59.6 cm³/mol. The molecule has 0 aromatic heterocycles. The van der Waals surface area contributed by atoms with Gasteiger partial charge in [-0.2, -0.15) is 0 Å². The van der Waals surface area contributed by atoms with Crippen molar-refractivity contribution in [3.8, 4) is 0 Å². The summed E-state index contributed by atoms with van der Waals surface area (Å²) in [7, 11) is 0. The molecule has 0 radical (unpaired) electrons. The molecule has 0 aliphatic carbocycles. The summed E-state index contributed by atoms with van der Waals surface area (Å²) < 4.78 is 0. The third-order valence-electron chi connectivity index (χ3n) is 2.82. The Bertz CT molecular complexity index is 319. The Kier molecular flexibility index (Phi) is 3.06. The average molecular weight is 211 g/mol. The van der Waals surface area contributed by atoms with E-state index < -0.39 is 0 Å². The molecule has 14 heavy (non-hydrogen) atoms. The lowest BCUT2D eigenvalue weighted by Gasteiger charge is -2.11. The third kappa shape index (κ3) is 1.92. The van der Waals surface area contributed by atoms with Crippen molar-refractivity contribution in [3.63, 3.8) is 0 Å². The Hall–Kier alpha value is -0.570. The lowest BCUT2D eigenvalue weighted by molar-refractivity contribution is 0.761. The highest BCUT2D eigenvalue weighted by Crippen LogP contribution is 2.26. The van der Waals surface area contributed by atoms with E-state index >= 15 is 0 Å². The van der Waals surface area contributed by atoms with Gasteiger partial charge in [-0.1, -0.05) is 23.7 Å². The molecule has 0 bridgehead atoms. The third-order valence-corrected chi connectivity index (χ3v) is 3.19. The maximum Gasteiger partial charge on any atom is 0.0451 e. The summed E-state index contributed by atoms with van der Waals surface area (Å²) in [4.78, 5) is 0. The normalized spacial score (nSPS) is 21.4. The monoisotopic (exact) mass is 210 g/mol. The second-order valence-corrected chi connectivity index (χ2v) is 4.15. The van der Waals surface area contributed by atoms with Crippen molar-refractivity contribution in [2.45, 2.75) is 18.9 Å². The van der Waals surface area contributed by atoms with Gasteiger partial charge < -0.3 is 11.1 Å². The highest BCUT2D eigenvalue weighted by Gasteiger charge is 2.16. The van der Waals surface area contributed by atoms with Crippen molar-refractivity contribution < 1.29 is 0 Å². The van der Waals surface area contributed by atoms with E-state index in [9.17, 15) is 0 Å². The van der Waals surface area contributed by atoms with E-state index in [0.29, 0.717) is 12.5 Å². The number of rotatable bonds is 2. The van der Waals surface area contributed by atoms with Gasteiger partial charge in [0.15, 0.2) is 0 Å². The molecule has 3 N–H and O–H groups in total. The Morgan fingerprint density at radius 3 is 3.00 bits per heavy atom. The molecule has 1 aliphatic heterocycles. The van der Waals surface area contributed by atoms with Crippen LogP contribution in [0.2, 0.25) is 5.02 Å². The minimum absolute atomic E-state index is 0.521. The van der Waals surface area contributed by atoms with Gasteiger partial charge in [-0.05, 0) is 36.1 Å². The van der Waals surface area contributed by atoms with E-state index in [-0.39, 0.29) is 0 Å². The second kappa shape index (κ2) is 4.30. The summed E-state index contributed by atoms with van der Waals surface area (Å²) in [6.07, 6.45) is 1.21. The van der Waals surface area contributed by atoms with E-state index in [0.717, 1.165) is 23.7 Å². The first-order chi connectivity index (χ1) is 6.81. The van der Waals surface area contributed by atoms with Crippen molar-refractivity contribution in [1.82, 2.24) is 5.32 Å². The SMILES string of the molecule is NCc1cc(C2CCNC2)ccc1Cl. The van der Waals surface area contributed by atoms with E-state index in [2.05, 4.69) is 17.4 Å². The van der Waals surface area contributed by atoms with Crippen LogP contribution in [0.3, 0.4) is 0 Å². The molecule has 0 saturated carbocycles. The largest absolute Gasteiger partial charge is 0.326 e. The highest BCUT2D eigenvalue weighted by molar-refractivity contribution is 6.31. The first-order valence-corrected chi connectivity index (χ1v) is 5.38. The maximum absolute atomic E-state index is 6.01. The van der Waals surface area contributed by atoms with Crippen LogP contribution in [0, 0.1) is 0 Å². The molecule has 1 heterocycles. The van der Waals surface area contributed by atoms with E-state index in [1.165, 1.54) is 12.0 Å². The van der Waals surface area contributed by atoms with Gasteiger partial charge in [0.2, 0.25) is 0 Å². The van der Waals surface area contributed by atoms with Crippen molar-refractivity contribution in [1.29, 1.82) is 0 Å². The minimum Gasteiger partial charge on any atom is -0.326 e. The van der Waals surface area contributed by atoms with Crippen LogP contribution in [0.4, 0.5) is 0 Å². The van der Waals surface area contributed by atoms with Crippen LogP contribution in [0.25, 0.3) is 0 Å². The number of nitrogens with one attached hydrogen (secondary N) is 1. The lowest BCUT2D eigenvalue weighted by atomic mass is 9.97. The molecular weight excluding hydrogens is 196 g/mol. The summed E-state index contributed by atoms with van der Waals surface area (Å²) in [5, 5.41) is 4.14. The molecule has 2 nitrogen and oxygen atoms in total. The molecule has 1 unspecified atom stereocenters. The summed E-state index contributed by atoms with van der Waals surface area (Å²) in [6.45, 7) is 2.71. The van der Waals surface area contributed by atoms with E-state index in [1.807, 2.05) is 6.07 Å². The van der Waals surface area contributed by atoms with Crippen LogP contribution in [0.5, 0.6) is 0 Å². The molecule has 1 fully saturated rings. The Morgan fingerprint density at radius 2 is 2.36 bits per heavy atom. The minimum atomic E-state index is 0.521. The summed E-state index contributed by atoms with van der Waals surface area (Å²) in [5.74, 6) is 0.637. The molecule has 1 aromatic carbocycles. The van der Waals surface area contributed by atoms with Gasteiger partial charge >= 0.3 is 0 Å². The summed E-state index contributed by atoms with van der Waals surface area (Å²) in [6, 6.07) is 6.20. The number of halogens is 1. The predicted octanol–water partition coefficient (Wildman–Crippen LogP) is 1.88. The zero-order chi connectivity index (χ0) is 9.97. The van der Waals surface area contributed by atoms with Crippen LogP contribution in [0.1, 0.15) is 23.5 Å². The number of hydrogen-bond acceptors (Lipinski definition) is 2. The Morgan fingerprint density at radius 1 is 1.50 bits per heavy atom. The zero-order valence-electron chi connectivity index (χ0n) is 8.09. The lowest BCUT2D eigenvalue weighted by Crippen LogP contribution is -2.08. The number of nitrogens with two attached hydrogens (primary N) is 1. The summed E-state index contributed by atoms with van der Waals surface area (Å²) in [5.41, 5.74) is 8.03. The van der Waals surface area contributed by atoms with Crippen molar-refractivity contribution in [2.75, 3.05) is 13.1 Å². The fraction of sp³-hybridized carbons (Fsp3) is 0.455. The molecule has 0 spiro atoms. The highest BCUT2D eigenvalue weighted by atomic mass is 35.5. The first kappa shape index (κ1) is 9.97. The quantitative estimate of drug-likeness (QED) is 0.782. The first-order valence-electron chi connectivity index (χ1n) is 5.00. The van der Waals surface area contributed by atoms with Crippen molar-refractivity contribution in [3.05, 3.63) is 34.3 Å². The fourth-order valence-electron chi connectivity index (χ4n) is 1.94. The van der Waals surface area contributed by atoms with E-state index in [4.69, 9.17) is 17.3 Å². The molecule has 3 heteroatoms. The summed E-state index contributed by atoms with van der Waals surface area (Å²) >= 11 is 6.01. The van der Waals surface area contributed by atoms with Gasteiger partial charge in [-0.15, -0.1) is 0 Å². The molecule has 76 valence electrons. The standard InChI is InChI=1S/C11H15ClN2/c12-11-2-1-8(5-10(11)6-13)9-3-4-14-7-9/h1-2,5,9,14H,3-4,6-7,13H2. The van der Waals surface area contributed by atoms with Crippen LogP contribution >= 0.6 is 11.6 Å². The molecular formula is C11H15ClN2. The fourth-order valence-corrected chi connectivity index (χ4v) is 2.14.